The van der Waals surface area contributed by atoms with E-state index in [-0.39, 0.29) is 23.4 Å². The van der Waals surface area contributed by atoms with Gasteiger partial charge in [0.1, 0.15) is 5.82 Å². The van der Waals surface area contributed by atoms with E-state index in [0.717, 1.165) is 12.8 Å². The van der Waals surface area contributed by atoms with Crippen molar-refractivity contribution >= 4 is 27.2 Å². The molecule has 144 valence electrons. The topological polar surface area (TPSA) is 78.5 Å². The number of nitrogens with one attached hydrogen (secondary N) is 2. The Morgan fingerprint density at radius 2 is 1.92 bits per heavy atom. The molecule has 2 amide bonds. The molecule has 1 aromatic carbocycles. The molecule has 26 heavy (non-hydrogen) atoms. The average molecular weight is 383 g/mol. The monoisotopic (exact) mass is 383 g/mol. The highest BCUT2D eigenvalue weighted by atomic mass is 32.2. The zero-order valence-corrected chi connectivity index (χ0v) is 15.8. The van der Waals surface area contributed by atoms with Gasteiger partial charge >= 0.3 is 6.03 Å². The number of hydrogen-bond acceptors (Lipinski definition) is 4. The molecule has 2 N–H and O–H groups in total. The normalized spacial score (nSPS) is 22.8. The van der Waals surface area contributed by atoms with Crippen molar-refractivity contribution in [2.75, 3.05) is 28.8 Å². The molecule has 1 aliphatic carbocycles. The molecule has 1 aromatic rings. The molecule has 1 saturated carbocycles. The van der Waals surface area contributed by atoms with Gasteiger partial charge in [-0.1, -0.05) is 19.3 Å². The van der Waals surface area contributed by atoms with Gasteiger partial charge in [-0.15, -0.1) is 0 Å². The van der Waals surface area contributed by atoms with Gasteiger partial charge in [0.05, 0.1) is 17.2 Å². The van der Waals surface area contributed by atoms with Crippen LogP contribution in [-0.2, 0) is 9.84 Å². The predicted molar refractivity (Wildman–Crippen MR) is 101 cm³/mol. The lowest BCUT2D eigenvalue weighted by Gasteiger charge is -2.33. The molecule has 0 spiro atoms. The van der Waals surface area contributed by atoms with Crippen molar-refractivity contribution in [2.45, 2.75) is 50.6 Å². The first-order valence-corrected chi connectivity index (χ1v) is 11.0. The Morgan fingerprint density at radius 3 is 2.54 bits per heavy atom. The first-order chi connectivity index (χ1) is 12.3. The first-order valence-electron chi connectivity index (χ1n) is 9.14. The maximum atomic E-state index is 14.5. The summed E-state index contributed by atoms with van der Waals surface area (Å²) in [6, 6.07) is 4.10. The third-order valence-electron chi connectivity index (χ3n) is 5.28. The number of benzene rings is 1. The van der Waals surface area contributed by atoms with E-state index in [0.29, 0.717) is 23.8 Å². The van der Waals surface area contributed by atoms with E-state index in [1.165, 1.54) is 25.3 Å². The number of carbonyl (C=O) groups excluding carboxylic acids is 1. The highest BCUT2D eigenvalue weighted by Crippen LogP contribution is 2.29. The van der Waals surface area contributed by atoms with Crippen LogP contribution in [0.15, 0.2) is 18.2 Å². The molecule has 1 atom stereocenters. The molecular weight excluding hydrogens is 357 g/mol. The largest absolute Gasteiger partial charge is 0.369 e. The number of sulfone groups is 1. The second-order valence-electron chi connectivity index (χ2n) is 7.27. The van der Waals surface area contributed by atoms with Gasteiger partial charge in [-0.25, -0.2) is 17.6 Å². The number of anilines is 2. The van der Waals surface area contributed by atoms with Crippen LogP contribution < -0.4 is 15.5 Å². The molecular formula is C18H26FN3O3S. The molecule has 1 saturated heterocycles. The molecule has 1 heterocycles. The highest BCUT2D eigenvalue weighted by Gasteiger charge is 2.29. The quantitative estimate of drug-likeness (QED) is 0.838. The molecule has 6 nitrogen and oxygen atoms in total. The van der Waals surface area contributed by atoms with Crippen LogP contribution in [0.1, 0.15) is 38.5 Å². The van der Waals surface area contributed by atoms with Crippen LogP contribution in [0.5, 0.6) is 0 Å². The zero-order valence-electron chi connectivity index (χ0n) is 15.0. The van der Waals surface area contributed by atoms with Gasteiger partial charge in [0.15, 0.2) is 9.84 Å². The van der Waals surface area contributed by atoms with Crippen LogP contribution in [0, 0.1) is 5.82 Å². The van der Waals surface area contributed by atoms with Gasteiger partial charge < -0.3 is 15.5 Å². The van der Waals surface area contributed by atoms with E-state index in [9.17, 15) is 17.6 Å². The van der Waals surface area contributed by atoms with Gasteiger partial charge in [-0.3, -0.25) is 0 Å². The number of carbonyl (C=O) groups is 1. The van der Waals surface area contributed by atoms with Crippen LogP contribution in [0.3, 0.4) is 0 Å². The first kappa shape index (κ1) is 18.9. The standard InChI is InChI=1S/C18H26FN3O3S/c1-22(15-5-3-2-4-6-15)17-8-7-13(11-16(17)19)20-18(23)21-14-9-10-26(24,25)12-14/h7-8,11,14-15H,2-6,9-10,12H2,1H3,(H2,20,21,23). The van der Waals surface area contributed by atoms with Crippen LogP contribution in [0.4, 0.5) is 20.6 Å². The van der Waals surface area contributed by atoms with Crippen molar-refractivity contribution in [3.63, 3.8) is 0 Å². The van der Waals surface area contributed by atoms with E-state index in [1.54, 1.807) is 12.1 Å². The number of urea groups is 1. The maximum Gasteiger partial charge on any atom is 0.319 e. The number of amides is 2. The molecule has 0 bridgehead atoms. The van der Waals surface area contributed by atoms with E-state index < -0.39 is 15.9 Å². The second-order valence-corrected chi connectivity index (χ2v) is 9.50. The maximum absolute atomic E-state index is 14.5. The van der Waals surface area contributed by atoms with Crippen molar-refractivity contribution in [3.05, 3.63) is 24.0 Å². The zero-order chi connectivity index (χ0) is 18.7. The van der Waals surface area contributed by atoms with Crippen molar-refractivity contribution < 1.29 is 17.6 Å². The summed E-state index contributed by atoms with van der Waals surface area (Å²) in [6.07, 6.45) is 6.15. The summed E-state index contributed by atoms with van der Waals surface area (Å²) < 4.78 is 37.4. The number of hydrogen-bond donors (Lipinski definition) is 2. The minimum absolute atomic E-state index is 0.0418. The van der Waals surface area contributed by atoms with Gasteiger partial charge in [0.25, 0.3) is 0 Å². The molecule has 1 aliphatic heterocycles. The number of nitrogens with zero attached hydrogens (tertiary/aromatic N) is 1. The van der Waals surface area contributed by atoms with Crippen LogP contribution in [0.2, 0.25) is 0 Å². The summed E-state index contributed by atoms with van der Waals surface area (Å²) in [5.74, 6) is -0.325. The highest BCUT2D eigenvalue weighted by molar-refractivity contribution is 7.91. The summed E-state index contributed by atoms with van der Waals surface area (Å²) in [4.78, 5) is 14.0. The summed E-state index contributed by atoms with van der Waals surface area (Å²) in [6.45, 7) is 0. The Labute approximate surface area is 154 Å². The van der Waals surface area contributed by atoms with E-state index in [2.05, 4.69) is 10.6 Å². The van der Waals surface area contributed by atoms with Gasteiger partial charge in [-0.05, 0) is 37.5 Å². The Morgan fingerprint density at radius 1 is 1.19 bits per heavy atom. The number of rotatable bonds is 4. The SMILES string of the molecule is CN(c1ccc(NC(=O)NC2CCS(=O)(=O)C2)cc1F)C1CCCCC1. The van der Waals surface area contributed by atoms with E-state index in [4.69, 9.17) is 0 Å². The summed E-state index contributed by atoms with van der Waals surface area (Å²) >= 11 is 0. The lowest BCUT2D eigenvalue weighted by atomic mass is 9.94. The summed E-state index contributed by atoms with van der Waals surface area (Å²) in [7, 11) is -1.14. The van der Waals surface area contributed by atoms with Gasteiger partial charge in [0, 0.05) is 24.8 Å². The number of halogens is 1. The fourth-order valence-electron chi connectivity index (χ4n) is 3.80. The lowest BCUT2D eigenvalue weighted by Crippen LogP contribution is -2.38. The van der Waals surface area contributed by atoms with E-state index >= 15 is 0 Å². The molecule has 1 unspecified atom stereocenters. The van der Waals surface area contributed by atoms with Crippen molar-refractivity contribution in [1.29, 1.82) is 0 Å². The van der Waals surface area contributed by atoms with Crippen LogP contribution >= 0.6 is 0 Å². The van der Waals surface area contributed by atoms with Crippen LogP contribution in [0.25, 0.3) is 0 Å². The van der Waals surface area contributed by atoms with Crippen molar-refractivity contribution in [3.8, 4) is 0 Å². The minimum atomic E-state index is -3.05. The van der Waals surface area contributed by atoms with Crippen LogP contribution in [-0.4, -0.2) is 45.1 Å². The van der Waals surface area contributed by atoms with Gasteiger partial charge in [0.2, 0.25) is 0 Å². The predicted octanol–water partition coefficient (Wildman–Crippen LogP) is 2.90. The fraction of sp³-hybridized carbons (Fsp3) is 0.611. The Hall–Kier alpha value is -1.83. The molecule has 3 rings (SSSR count). The molecule has 8 heteroatoms. The lowest BCUT2D eigenvalue weighted by molar-refractivity contribution is 0.249. The molecule has 0 radical (unpaired) electrons. The van der Waals surface area contributed by atoms with E-state index in [1.807, 2.05) is 11.9 Å². The molecule has 2 fully saturated rings. The van der Waals surface area contributed by atoms with Crippen molar-refractivity contribution in [2.24, 2.45) is 0 Å². The summed E-state index contributed by atoms with van der Waals surface area (Å²) in [5, 5.41) is 5.21. The second kappa shape index (κ2) is 7.82. The average Bonchev–Trinajstić information content (AvgIpc) is 2.93. The Kier molecular flexibility index (Phi) is 5.70. The fourth-order valence-corrected chi connectivity index (χ4v) is 5.47. The van der Waals surface area contributed by atoms with Crippen molar-refractivity contribution in [1.82, 2.24) is 5.32 Å². The molecule has 0 aromatic heterocycles. The third kappa shape index (κ3) is 4.66. The Balaban J connectivity index is 1.59. The minimum Gasteiger partial charge on any atom is -0.369 e. The third-order valence-corrected chi connectivity index (χ3v) is 7.04. The summed E-state index contributed by atoms with van der Waals surface area (Å²) in [5.41, 5.74) is 0.881. The smallest absolute Gasteiger partial charge is 0.319 e. The molecule has 2 aliphatic rings. The Bertz CT molecular complexity index is 763. The van der Waals surface area contributed by atoms with Gasteiger partial charge in [-0.2, -0.15) is 0 Å².